The van der Waals surface area contributed by atoms with Gasteiger partial charge in [-0.15, -0.1) is 0 Å². The Bertz CT molecular complexity index is 970. The van der Waals surface area contributed by atoms with Gasteiger partial charge < -0.3 is 37.8 Å². The topological polar surface area (TPSA) is 228 Å². The van der Waals surface area contributed by atoms with Crippen LogP contribution in [0.3, 0.4) is 0 Å². The zero-order chi connectivity index (χ0) is 26.1. The average molecular weight is 491 g/mol. The van der Waals surface area contributed by atoms with Gasteiger partial charge in [0.1, 0.15) is 18.1 Å². The molecule has 1 aromatic carbocycles. The highest BCUT2D eigenvalue weighted by atomic mass is 16.4. The number of aliphatic carboxylic acids is 1. The van der Waals surface area contributed by atoms with Gasteiger partial charge in [-0.25, -0.2) is 4.79 Å². The van der Waals surface area contributed by atoms with Gasteiger partial charge in [0.05, 0.1) is 18.9 Å². The molecule has 0 spiro atoms. The molecule has 0 saturated carbocycles. The fourth-order valence-corrected chi connectivity index (χ4v) is 3.82. The second kappa shape index (κ2) is 12.5. The van der Waals surface area contributed by atoms with Crippen molar-refractivity contribution in [3.63, 3.8) is 0 Å². The summed E-state index contributed by atoms with van der Waals surface area (Å²) in [7, 11) is 0. The van der Waals surface area contributed by atoms with E-state index in [4.69, 9.17) is 17.2 Å². The maximum atomic E-state index is 12.9. The van der Waals surface area contributed by atoms with E-state index in [1.165, 1.54) is 4.90 Å². The SMILES string of the molecule is NC(=O)CC(N)C(=O)N1CCCC1C(=O)NC(CC(N)=O)C(=O)NC(Cc1ccccc1)C(=O)O. The monoisotopic (exact) mass is 490 g/mol. The molecule has 1 aliphatic heterocycles. The fraction of sp³-hybridized carbons (Fsp3) is 0.455. The molecular formula is C22H30N6O7. The number of amides is 5. The largest absolute Gasteiger partial charge is 0.480 e. The molecule has 1 fully saturated rings. The third-order valence-electron chi connectivity index (χ3n) is 5.51. The number of hydrogen-bond donors (Lipinski definition) is 6. The summed E-state index contributed by atoms with van der Waals surface area (Å²) in [6.45, 7) is 0.203. The van der Waals surface area contributed by atoms with Gasteiger partial charge in [0.25, 0.3) is 0 Å². The van der Waals surface area contributed by atoms with Crippen LogP contribution in [0.1, 0.15) is 31.2 Å². The van der Waals surface area contributed by atoms with Crippen LogP contribution in [-0.2, 0) is 35.2 Å². The number of benzene rings is 1. The van der Waals surface area contributed by atoms with Crippen LogP contribution < -0.4 is 27.8 Å². The van der Waals surface area contributed by atoms with Crippen molar-refractivity contribution in [1.82, 2.24) is 15.5 Å². The molecule has 0 aliphatic carbocycles. The number of nitrogens with one attached hydrogen (secondary N) is 2. The summed E-state index contributed by atoms with van der Waals surface area (Å²) in [6.07, 6.45) is -0.275. The first kappa shape index (κ1) is 27.2. The molecule has 0 radical (unpaired) electrons. The number of hydrogen-bond acceptors (Lipinski definition) is 7. The maximum absolute atomic E-state index is 12.9. The summed E-state index contributed by atoms with van der Waals surface area (Å²) in [5, 5.41) is 14.2. The van der Waals surface area contributed by atoms with Gasteiger partial charge in [-0.2, -0.15) is 0 Å². The quantitative estimate of drug-likeness (QED) is 0.181. The minimum atomic E-state index is -1.46. The number of carbonyl (C=O) groups excluding carboxylic acids is 5. The predicted octanol–water partition coefficient (Wildman–Crippen LogP) is -2.65. The van der Waals surface area contributed by atoms with Gasteiger partial charge in [0.2, 0.25) is 29.5 Å². The van der Waals surface area contributed by atoms with Gasteiger partial charge in [0, 0.05) is 13.0 Å². The molecule has 13 nitrogen and oxygen atoms in total. The van der Waals surface area contributed by atoms with E-state index in [1.54, 1.807) is 30.3 Å². The molecule has 13 heteroatoms. The number of primary amides is 2. The lowest BCUT2D eigenvalue weighted by Crippen LogP contribution is -2.57. The molecule has 190 valence electrons. The maximum Gasteiger partial charge on any atom is 0.326 e. The van der Waals surface area contributed by atoms with Crippen molar-refractivity contribution < 1.29 is 33.9 Å². The van der Waals surface area contributed by atoms with Crippen LogP contribution in [-0.4, -0.2) is 76.2 Å². The summed E-state index contributed by atoms with van der Waals surface area (Å²) in [5.41, 5.74) is 16.7. The van der Waals surface area contributed by atoms with Gasteiger partial charge in [-0.1, -0.05) is 30.3 Å². The smallest absolute Gasteiger partial charge is 0.326 e. The van der Waals surface area contributed by atoms with E-state index in [1.807, 2.05) is 0 Å². The highest BCUT2D eigenvalue weighted by molar-refractivity contribution is 5.97. The minimum Gasteiger partial charge on any atom is -0.480 e. The highest BCUT2D eigenvalue weighted by Crippen LogP contribution is 2.19. The Morgan fingerprint density at radius 2 is 1.60 bits per heavy atom. The Morgan fingerprint density at radius 3 is 2.17 bits per heavy atom. The van der Waals surface area contributed by atoms with Crippen LogP contribution in [0.4, 0.5) is 0 Å². The van der Waals surface area contributed by atoms with Crippen LogP contribution in [0.25, 0.3) is 0 Å². The number of carbonyl (C=O) groups is 6. The molecular weight excluding hydrogens is 460 g/mol. The molecule has 2 rings (SSSR count). The molecule has 1 aromatic rings. The predicted molar refractivity (Wildman–Crippen MR) is 122 cm³/mol. The number of carboxylic acids is 1. The van der Waals surface area contributed by atoms with Crippen LogP contribution in [0.5, 0.6) is 0 Å². The summed E-state index contributed by atoms with van der Waals surface area (Å²) in [6, 6.07) is 3.58. The third-order valence-corrected chi connectivity index (χ3v) is 5.51. The second-order valence-corrected chi connectivity index (χ2v) is 8.29. The summed E-state index contributed by atoms with van der Waals surface area (Å²) < 4.78 is 0. The molecule has 0 aromatic heterocycles. The first-order valence-electron chi connectivity index (χ1n) is 11.0. The van der Waals surface area contributed by atoms with E-state index in [0.717, 1.165) is 0 Å². The first-order chi connectivity index (χ1) is 16.5. The molecule has 5 amide bonds. The molecule has 0 bridgehead atoms. The zero-order valence-corrected chi connectivity index (χ0v) is 19.0. The van der Waals surface area contributed by atoms with Crippen molar-refractivity contribution in [3.05, 3.63) is 35.9 Å². The Morgan fingerprint density at radius 1 is 0.971 bits per heavy atom. The Hall–Kier alpha value is -4.00. The van der Waals surface area contributed by atoms with E-state index in [9.17, 15) is 33.9 Å². The van der Waals surface area contributed by atoms with Gasteiger partial charge >= 0.3 is 5.97 Å². The Labute approximate surface area is 201 Å². The van der Waals surface area contributed by atoms with Crippen LogP contribution >= 0.6 is 0 Å². The van der Waals surface area contributed by atoms with E-state index < -0.39 is 72.5 Å². The number of carboxylic acid groups (broad SMARTS) is 1. The number of nitrogens with zero attached hydrogens (tertiary/aromatic N) is 1. The normalized spacial score (nSPS) is 17.6. The number of rotatable bonds is 12. The molecule has 1 aliphatic rings. The summed E-state index contributed by atoms with van der Waals surface area (Å²) in [5.74, 6) is -5.27. The van der Waals surface area contributed by atoms with Crippen LogP contribution in [0, 0.1) is 0 Å². The van der Waals surface area contributed by atoms with Crippen molar-refractivity contribution in [2.24, 2.45) is 17.2 Å². The first-order valence-corrected chi connectivity index (χ1v) is 11.0. The average Bonchev–Trinajstić information content (AvgIpc) is 3.27. The van der Waals surface area contributed by atoms with Gasteiger partial charge in [-0.05, 0) is 18.4 Å². The van der Waals surface area contributed by atoms with E-state index in [0.29, 0.717) is 12.0 Å². The third kappa shape index (κ3) is 8.07. The second-order valence-electron chi connectivity index (χ2n) is 8.29. The molecule has 4 unspecified atom stereocenters. The molecule has 1 saturated heterocycles. The Kier molecular flexibility index (Phi) is 9.70. The lowest BCUT2D eigenvalue weighted by atomic mass is 10.0. The van der Waals surface area contributed by atoms with Crippen molar-refractivity contribution in [2.45, 2.75) is 56.3 Å². The van der Waals surface area contributed by atoms with Crippen LogP contribution in [0.15, 0.2) is 30.3 Å². The van der Waals surface area contributed by atoms with E-state index in [2.05, 4.69) is 10.6 Å². The molecule has 4 atom stereocenters. The van der Waals surface area contributed by atoms with Crippen molar-refractivity contribution in [2.75, 3.05) is 6.54 Å². The molecule has 1 heterocycles. The van der Waals surface area contributed by atoms with E-state index >= 15 is 0 Å². The number of nitrogens with two attached hydrogens (primary N) is 3. The van der Waals surface area contributed by atoms with Gasteiger partial charge in [-0.3, -0.25) is 24.0 Å². The zero-order valence-electron chi connectivity index (χ0n) is 19.0. The Balaban J connectivity index is 2.11. The standard InChI is InChI=1S/C22H30N6O7/c23-13(10-17(24)29)21(33)28-8-4-7-16(28)20(32)26-14(11-18(25)30)19(31)27-15(22(34)35)9-12-5-2-1-3-6-12/h1-3,5-6,13-16H,4,7-11,23H2,(H2,24,29)(H2,25,30)(H,26,32)(H,27,31)(H,34,35). The molecule has 35 heavy (non-hydrogen) atoms. The minimum absolute atomic E-state index is 0.0260. The molecule has 9 N–H and O–H groups in total. The van der Waals surface area contributed by atoms with Crippen LogP contribution in [0.2, 0.25) is 0 Å². The summed E-state index contributed by atoms with van der Waals surface area (Å²) >= 11 is 0. The van der Waals surface area contributed by atoms with Crippen molar-refractivity contribution in [1.29, 1.82) is 0 Å². The van der Waals surface area contributed by atoms with E-state index in [-0.39, 0.29) is 19.4 Å². The fourth-order valence-electron chi connectivity index (χ4n) is 3.82. The van der Waals surface area contributed by atoms with Gasteiger partial charge in [0.15, 0.2) is 0 Å². The lowest BCUT2D eigenvalue weighted by molar-refractivity contribution is -0.143. The van der Waals surface area contributed by atoms with Crippen molar-refractivity contribution >= 4 is 35.5 Å². The lowest BCUT2D eigenvalue weighted by Gasteiger charge is -2.28. The summed E-state index contributed by atoms with van der Waals surface area (Å²) in [4.78, 5) is 73.8. The highest BCUT2D eigenvalue weighted by Gasteiger charge is 2.38. The number of likely N-dealkylation sites (tertiary alicyclic amines) is 1. The van der Waals surface area contributed by atoms with Crippen molar-refractivity contribution in [3.8, 4) is 0 Å².